The molecule has 1 heterocycles. The minimum Gasteiger partial charge on any atom is -0.451 e. The first kappa shape index (κ1) is 18.2. The quantitative estimate of drug-likeness (QED) is 0.587. The van der Waals surface area contributed by atoms with E-state index in [0.717, 1.165) is 16.8 Å². The van der Waals surface area contributed by atoms with Crippen LogP contribution in [0.5, 0.6) is 0 Å². The van der Waals surface area contributed by atoms with Crippen LogP contribution in [0.2, 0.25) is 0 Å². The topological polar surface area (TPSA) is 38.7 Å². The average molecular weight is 369 g/mol. The zero-order valence-corrected chi connectivity index (χ0v) is 16.1. The van der Waals surface area contributed by atoms with Gasteiger partial charge in [0, 0.05) is 0 Å². The Hall–Kier alpha value is -3.20. The van der Waals surface area contributed by atoms with Gasteiger partial charge in [0.1, 0.15) is 0 Å². The van der Waals surface area contributed by atoms with E-state index in [2.05, 4.69) is 26.0 Å². The van der Waals surface area contributed by atoms with Crippen LogP contribution in [0.4, 0.5) is 0 Å². The van der Waals surface area contributed by atoms with Gasteiger partial charge >= 0.3 is 5.97 Å². The Labute approximate surface area is 165 Å². The fraction of sp³-hybridized carbons (Fsp3) is 0.200. The molecule has 3 aromatic rings. The summed E-state index contributed by atoms with van der Waals surface area (Å²) in [6, 6.07) is 29.3. The summed E-state index contributed by atoms with van der Waals surface area (Å²) < 4.78 is 6.10. The Kier molecular flexibility index (Phi) is 4.82. The summed E-state index contributed by atoms with van der Waals surface area (Å²) in [6.45, 7) is 4.20. The molecule has 2 unspecified atom stereocenters. The van der Waals surface area contributed by atoms with Gasteiger partial charge in [0.05, 0.1) is 22.7 Å². The van der Waals surface area contributed by atoms with E-state index in [1.165, 1.54) is 0 Å². The number of carbonyl (C=O) groups excluding carboxylic acids is 1. The van der Waals surface area contributed by atoms with Gasteiger partial charge in [0.15, 0.2) is 6.10 Å². The molecule has 28 heavy (non-hydrogen) atoms. The van der Waals surface area contributed by atoms with Crippen molar-refractivity contribution in [1.29, 1.82) is 0 Å². The van der Waals surface area contributed by atoms with Gasteiger partial charge < -0.3 is 4.74 Å². The molecule has 0 N–H and O–H groups in total. The van der Waals surface area contributed by atoms with Crippen LogP contribution in [0, 0.1) is 0 Å². The highest BCUT2D eigenvalue weighted by atomic mass is 16.5. The smallest absolute Gasteiger partial charge is 0.338 e. The Morgan fingerprint density at radius 1 is 0.821 bits per heavy atom. The molecule has 0 saturated carbocycles. The molecular weight excluding hydrogens is 346 g/mol. The molecule has 0 radical (unpaired) electrons. The van der Waals surface area contributed by atoms with Crippen LogP contribution < -0.4 is 0 Å². The Balaban J connectivity index is 1.76. The maximum absolute atomic E-state index is 12.9. The number of hydrogen-bond donors (Lipinski definition) is 0. The molecule has 1 aliphatic heterocycles. The Morgan fingerprint density at radius 2 is 1.36 bits per heavy atom. The second-order valence-electron chi connectivity index (χ2n) is 7.60. The lowest BCUT2D eigenvalue weighted by atomic mass is 9.79. The Morgan fingerprint density at radius 3 is 1.96 bits per heavy atom. The predicted molar refractivity (Wildman–Crippen MR) is 112 cm³/mol. The SMILES string of the molecule is CC1(C)N=C(c2ccccc2)C(OC(=O)c2ccccc2)C1c1ccccc1. The first-order valence-corrected chi connectivity index (χ1v) is 9.52. The third kappa shape index (κ3) is 3.48. The van der Waals surface area contributed by atoms with Crippen LogP contribution in [0.25, 0.3) is 0 Å². The number of hydrogen-bond acceptors (Lipinski definition) is 3. The van der Waals surface area contributed by atoms with Gasteiger partial charge in [-0.15, -0.1) is 0 Å². The highest BCUT2D eigenvalue weighted by molar-refractivity contribution is 6.07. The van der Waals surface area contributed by atoms with Crippen molar-refractivity contribution in [1.82, 2.24) is 0 Å². The van der Waals surface area contributed by atoms with Gasteiger partial charge in [0.25, 0.3) is 0 Å². The fourth-order valence-electron chi connectivity index (χ4n) is 3.93. The standard InChI is InChI=1S/C25H23NO2/c1-25(2)21(18-12-6-3-7-13-18)23(22(26-25)19-14-8-4-9-15-19)28-24(27)20-16-10-5-11-17-20/h3-17,21,23H,1-2H3. The molecule has 3 heteroatoms. The van der Waals surface area contributed by atoms with E-state index in [1.54, 1.807) is 12.1 Å². The molecular formula is C25H23NO2. The first-order valence-electron chi connectivity index (χ1n) is 9.52. The second-order valence-corrected chi connectivity index (χ2v) is 7.60. The van der Waals surface area contributed by atoms with Crippen molar-refractivity contribution in [3.63, 3.8) is 0 Å². The molecule has 0 amide bonds. The largest absolute Gasteiger partial charge is 0.451 e. The van der Waals surface area contributed by atoms with Crippen LogP contribution in [0.1, 0.15) is 41.3 Å². The molecule has 4 rings (SSSR count). The van der Waals surface area contributed by atoms with Crippen molar-refractivity contribution < 1.29 is 9.53 Å². The highest BCUT2D eigenvalue weighted by Crippen LogP contribution is 2.43. The van der Waals surface area contributed by atoms with Crippen LogP contribution in [-0.4, -0.2) is 23.3 Å². The maximum atomic E-state index is 12.9. The van der Waals surface area contributed by atoms with Crippen molar-refractivity contribution in [2.24, 2.45) is 4.99 Å². The lowest BCUT2D eigenvalue weighted by molar-refractivity contribution is 0.0370. The van der Waals surface area contributed by atoms with Crippen LogP contribution >= 0.6 is 0 Å². The summed E-state index contributed by atoms with van der Waals surface area (Å²) in [6.07, 6.45) is -0.451. The van der Waals surface area contributed by atoms with Gasteiger partial charge in [-0.1, -0.05) is 78.9 Å². The number of nitrogens with zero attached hydrogens (tertiary/aromatic N) is 1. The van der Waals surface area contributed by atoms with Crippen LogP contribution in [0.3, 0.4) is 0 Å². The monoisotopic (exact) mass is 369 g/mol. The lowest BCUT2D eigenvalue weighted by Crippen LogP contribution is -2.35. The summed E-state index contributed by atoms with van der Waals surface area (Å²) in [5, 5.41) is 0. The Bertz CT molecular complexity index is 979. The molecule has 0 saturated heterocycles. The summed E-state index contributed by atoms with van der Waals surface area (Å²) >= 11 is 0. The third-order valence-electron chi connectivity index (χ3n) is 5.21. The van der Waals surface area contributed by atoms with E-state index in [-0.39, 0.29) is 11.9 Å². The molecule has 3 aromatic carbocycles. The summed E-state index contributed by atoms with van der Waals surface area (Å²) in [5.74, 6) is -0.385. The van der Waals surface area contributed by atoms with Crippen molar-refractivity contribution in [3.05, 3.63) is 108 Å². The molecule has 0 spiro atoms. The number of aliphatic imine (C=N–C) groups is 1. The van der Waals surface area contributed by atoms with Gasteiger partial charge in [0.2, 0.25) is 0 Å². The van der Waals surface area contributed by atoms with Crippen molar-refractivity contribution in [3.8, 4) is 0 Å². The number of esters is 1. The minimum atomic E-state index is -0.451. The zero-order chi connectivity index (χ0) is 19.6. The molecule has 0 aromatic heterocycles. The molecule has 0 fully saturated rings. The average Bonchev–Trinajstić information content (AvgIpc) is 3.00. The number of carbonyl (C=O) groups is 1. The van der Waals surface area contributed by atoms with E-state index < -0.39 is 11.6 Å². The number of rotatable bonds is 4. The highest BCUT2D eigenvalue weighted by Gasteiger charge is 2.47. The van der Waals surface area contributed by atoms with Crippen LogP contribution in [0.15, 0.2) is 96.0 Å². The molecule has 140 valence electrons. The van der Waals surface area contributed by atoms with Crippen molar-refractivity contribution in [2.75, 3.05) is 0 Å². The van der Waals surface area contributed by atoms with Crippen molar-refractivity contribution in [2.45, 2.75) is 31.4 Å². The van der Waals surface area contributed by atoms with E-state index in [4.69, 9.17) is 9.73 Å². The number of ether oxygens (including phenoxy) is 1. The van der Waals surface area contributed by atoms with Gasteiger partial charge in [-0.05, 0) is 37.1 Å². The molecule has 2 atom stereocenters. The molecule has 0 aliphatic carbocycles. The molecule has 1 aliphatic rings. The third-order valence-corrected chi connectivity index (χ3v) is 5.21. The van der Waals surface area contributed by atoms with Gasteiger partial charge in [-0.3, -0.25) is 4.99 Å². The predicted octanol–water partition coefficient (Wildman–Crippen LogP) is 5.28. The first-order chi connectivity index (χ1) is 13.6. The van der Waals surface area contributed by atoms with E-state index in [9.17, 15) is 4.79 Å². The van der Waals surface area contributed by atoms with Gasteiger partial charge in [-0.25, -0.2) is 4.79 Å². The summed E-state index contributed by atoms with van der Waals surface area (Å²) in [4.78, 5) is 17.9. The fourth-order valence-corrected chi connectivity index (χ4v) is 3.93. The van der Waals surface area contributed by atoms with Crippen LogP contribution in [-0.2, 0) is 4.74 Å². The van der Waals surface area contributed by atoms with E-state index >= 15 is 0 Å². The van der Waals surface area contributed by atoms with Crippen molar-refractivity contribution >= 4 is 11.7 Å². The maximum Gasteiger partial charge on any atom is 0.338 e. The lowest BCUT2D eigenvalue weighted by Gasteiger charge is -2.29. The zero-order valence-electron chi connectivity index (χ0n) is 16.1. The summed E-state index contributed by atoms with van der Waals surface area (Å²) in [5.41, 5.74) is 3.08. The molecule has 3 nitrogen and oxygen atoms in total. The minimum absolute atomic E-state index is 0.0587. The van der Waals surface area contributed by atoms with E-state index in [1.807, 2.05) is 66.7 Å². The van der Waals surface area contributed by atoms with Gasteiger partial charge in [-0.2, -0.15) is 0 Å². The second kappa shape index (κ2) is 7.43. The normalized spacial score (nSPS) is 20.4. The number of benzene rings is 3. The summed E-state index contributed by atoms with van der Waals surface area (Å²) in [7, 11) is 0. The van der Waals surface area contributed by atoms with E-state index in [0.29, 0.717) is 5.56 Å². The molecule has 0 bridgehead atoms.